The fraction of sp³-hybridized carbons (Fsp3) is 0.375. The van der Waals surface area contributed by atoms with Gasteiger partial charge in [-0.25, -0.2) is 15.8 Å². The molecule has 21 heavy (non-hydrogen) atoms. The van der Waals surface area contributed by atoms with E-state index in [1.165, 1.54) is 10.5 Å². The molecule has 1 heterocycles. The number of hydrazine groups is 1. The van der Waals surface area contributed by atoms with E-state index < -0.39 is 0 Å². The van der Waals surface area contributed by atoms with Crippen molar-refractivity contribution < 1.29 is 0 Å². The van der Waals surface area contributed by atoms with E-state index in [9.17, 15) is 0 Å². The predicted octanol–water partition coefficient (Wildman–Crippen LogP) is 3.56. The molecule has 5 heteroatoms. The molecule has 2 aromatic rings. The van der Waals surface area contributed by atoms with Gasteiger partial charge in [0.2, 0.25) is 0 Å². The van der Waals surface area contributed by atoms with Crippen molar-refractivity contribution in [3.63, 3.8) is 0 Å². The molecule has 0 bridgehead atoms. The Morgan fingerprint density at radius 1 is 1.19 bits per heavy atom. The number of aromatic nitrogens is 2. The highest BCUT2D eigenvalue weighted by Crippen LogP contribution is 2.22. The number of hydrogen-bond donors (Lipinski definition) is 2. The van der Waals surface area contributed by atoms with Gasteiger partial charge in [0.1, 0.15) is 11.6 Å². The molecule has 0 aliphatic rings. The molecule has 3 N–H and O–H groups in total. The van der Waals surface area contributed by atoms with E-state index in [0.717, 1.165) is 23.7 Å². The number of nitrogens with one attached hydrogen (secondary N) is 1. The quantitative estimate of drug-likeness (QED) is 0.485. The van der Waals surface area contributed by atoms with Crippen LogP contribution in [0, 0.1) is 12.8 Å². The third-order valence-electron chi connectivity index (χ3n) is 2.98. The number of thioether (sulfide) groups is 1. The molecule has 1 aromatic carbocycles. The Kier molecular flexibility index (Phi) is 5.59. The molecule has 0 amide bonds. The van der Waals surface area contributed by atoms with Crippen LogP contribution in [-0.2, 0) is 12.2 Å². The average molecular weight is 302 g/mol. The number of benzene rings is 1. The van der Waals surface area contributed by atoms with Gasteiger partial charge in [-0.1, -0.05) is 31.5 Å². The maximum Gasteiger partial charge on any atom is 0.143 e. The van der Waals surface area contributed by atoms with Crippen molar-refractivity contribution in [2.24, 2.45) is 11.8 Å². The molecule has 0 aliphatic heterocycles. The van der Waals surface area contributed by atoms with Crippen molar-refractivity contribution in [1.29, 1.82) is 0 Å². The van der Waals surface area contributed by atoms with Crippen LogP contribution >= 0.6 is 11.8 Å². The first kappa shape index (κ1) is 15.8. The highest BCUT2D eigenvalue weighted by atomic mass is 32.2. The van der Waals surface area contributed by atoms with E-state index in [1.54, 1.807) is 11.8 Å². The molecule has 0 atom stereocenters. The summed E-state index contributed by atoms with van der Waals surface area (Å²) in [7, 11) is 0. The molecular formula is C16H22N4S. The normalized spacial score (nSPS) is 10.9. The smallest absolute Gasteiger partial charge is 0.143 e. The summed E-state index contributed by atoms with van der Waals surface area (Å²) in [5.74, 6) is 8.29. The lowest BCUT2D eigenvalue weighted by Crippen LogP contribution is -2.12. The summed E-state index contributed by atoms with van der Waals surface area (Å²) in [6.45, 7) is 6.45. The Morgan fingerprint density at radius 3 is 2.52 bits per heavy atom. The second-order valence-electron chi connectivity index (χ2n) is 5.50. The third kappa shape index (κ3) is 5.02. The first-order chi connectivity index (χ1) is 10.1. The monoisotopic (exact) mass is 302 g/mol. The van der Waals surface area contributed by atoms with Crippen molar-refractivity contribution >= 4 is 17.6 Å². The fourth-order valence-corrected chi connectivity index (χ4v) is 2.75. The van der Waals surface area contributed by atoms with Crippen LogP contribution in [0.1, 0.15) is 30.9 Å². The Labute approximate surface area is 130 Å². The minimum atomic E-state index is 0.558. The van der Waals surface area contributed by atoms with Gasteiger partial charge < -0.3 is 5.43 Å². The Bertz CT molecular complexity index is 581. The summed E-state index contributed by atoms with van der Waals surface area (Å²) in [6, 6.07) is 10.4. The van der Waals surface area contributed by atoms with Crippen molar-refractivity contribution in [2.45, 2.75) is 37.8 Å². The summed E-state index contributed by atoms with van der Waals surface area (Å²) >= 11 is 1.74. The molecule has 0 saturated heterocycles. The first-order valence-corrected chi connectivity index (χ1v) is 8.08. The minimum Gasteiger partial charge on any atom is -0.308 e. The summed E-state index contributed by atoms with van der Waals surface area (Å²) < 4.78 is 0. The topological polar surface area (TPSA) is 63.8 Å². The molecule has 112 valence electrons. The summed E-state index contributed by atoms with van der Waals surface area (Å²) in [6.07, 6.45) is 0.930. The van der Waals surface area contributed by atoms with Gasteiger partial charge in [0, 0.05) is 16.7 Å². The molecule has 0 spiro atoms. The highest BCUT2D eigenvalue weighted by molar-refractivity contribution is 7.98. The number of hydrogen-bond acceptors (Lipinski definition) is 5. The van der Waals surface area contributed by atoms with Gasteiger partial charge >= 0.3 is 0 Å². The van der Waals surface area contributed by atoms with Crippen LogP contribution in [0.15, 0.2) is 35.2 Å². The molecule has 0 fully saturated rings. The van der Waals surface area contributed by atoms with E-state index in [2.05, 4.69) is 60.4 Å². The van der Waals surface area contributed by atoms with Gasteiger partial charge in [0.05, 0.1) is 5.75 Å². The Balaban J connectivity index is 2.09. The number of anilines is 1. The molecule has 0 unspecified atom stereocenters. The predicted molar refractivity (Wildman–Crippen MR) is 89.1 cm³/mol. The van der Waals surface area contributed by atoms with Gasteiger partial charge in [0.15, 0.2) is 0 Å². The summed E-state index contributed by atoms with van der Waals surface area (Å²) in [5, 5.41) is 0. The maximum atomic E-state index is 5.50. The molecule has 2 rings (SSSR count). The van der Waals surface area contributed by atoms with Crippen molar-refractivity contribution in [3.05, 3.63) is 47.4 Å². The Hall–Kier alpha value is -1.59. The maximum absolute atomic E-state index is 5.50. The Morgan fingerprint density at radius 2 is 1.90 bits per heavy atom. The number of nitrogen functional groups attached to an aromatic ring is 1. The zero-order valence-corrected chi connectivity index (χ0v) is 13.6. The lowest BCUT2D eigenvalue weighted by atomic mass is 10.1. The SMILES string of the molecule is Cc1ccc(SCc2nc(CC(C)C)cc(NN)n2)cc1. The van der Waals surface area contributed by atoms with E-state index in [-0.39, 0.29) is 0 Å². The third-order valence-corrected chi connectivity index (χ3v) is 3.99. The molecule has 1 aromatic heterocycles. The zero-order valence-electron chi connectivity index (χ0n) is 12.8. The standard InChI is InChI=1S/C16H22N4S/c1-11(2)8-13-9-15(20-17)19-16(18-13)10-21-14-6-4-12(3)5-7-14/h4-7,9,11H,8,10,17H2,1-3H3,(H,18,19,20). The number of nitrogens with zero attached hydrogens (tertiary/aromatic N) is 2. The second kappa shape index (κ2) is 7.43. The lowest BCUT2D eigenvalue weighted by molar-refractivity contribution is 0.632. The van der Waals surface area contributed by atoms with Crippen LogP contribution in [0.2, 0.25) is 0 Å². The molecule has 4 nitrogen and oxygen atoms in total. The fourth-order valence-electron chi connectivity index (χ4n) is 2.00. The van der Waals surface area contributed by atoms with Crippen LogP contribution in [0.4, 0.5) is 5.82 Å². The first-order valence-electron chi connectivity index (χ1n) is 7.09. The van der Waals surface area contributed by atoms with Crippen LogP contribution < -0.4 is 11.3 Å². The van der Waals surface area contributed by atoms with E-state index >= 15 is 0 Å². The molecule has 0 aliphatic carbocycles. The lowest BCUT2D eigenvalue weighted by Gasteiger charge is -2.09. The second-order valence-corrected chi connectivity index (χ2v) is 6.55. The zero-order chi connectivity index (χ0) is 15.2. The number of aryl methyl sites for hydroxylation is 1. The summed E-state index contributed by atoms with van der Waals surface area (Å²) in [4.78, 5) is 10.3. The van der Waals surface area contributed by atoms with Crippen LogP contribution in [-0.4, -0.2) is 9.97 Å². The average Bonchev–Trinajstić information content (AvgIpc) is 2.45. The summed E-state index contributed by atoms with van der Waals surface area (Å²) in [5.41, 5.74) is 4.93. The molecular weight excluding hydrogens is 280 g/mol. The van der Waals surface area contributed by atoms with E-state index in [1.807, 2.05) is 6.07 Å². The van der Waals surface area contributed by atoms with Gasteiger partial charge in [0.25, 0.3) is 0 Å². The van der Waals surface area contributed by atoms with Gasteiger partial charge in [-0.05, 0) is 31.4 Å². The minimum absolute atomic E-state index is 0.558. The highest BCUT2D eigenvalue weighted by Gasteiger charge is 2.07. The van der Waals surface area contributed by atoms with E-state index in [4.69, 9.17) is 5.84 Å². The van der Waals surface area contributed by atoms with Crippen LogP contribution in [0.25, 0.3) is 0 Å². The number of nitrogens with two attached hydrogens (primary N) is 1. The van der Waals surface area contributed by atoms with Crippen molar-refractivity contribution in [1.82, 2.24) is 9.97 Å². The number of rotatable bonds is 6. The molecule has 0 saturated carbocycles. The van der Waals surface area contributed by atoms with E-state index in [0.29, 0.717) is 11.7 Å². The van der Waals surface area contributed by atoms with Crippen molar-refractivity contribution in [3.8, 4) is 0 Å². The van der Waals surface area contributed by atoms with Gasteiger partial charge in [-0.15, -0.1) is 11.8 Å². The van der Waals surface area contributed by atoms with Gasteiger partial charge in [-0.3, -0.25) is 0 Å². The molecule has 0 radical (unpaired) electrons. The van der Waals surface area contributed by atoms with Crippen LogP contribution in [0.3, 0.4) is 0 Å². The largest absolute Gasteiger partial charge is 0.308 e. The van der Waals surface area contributed by atoms with Crippen LogP contribution in [0.5, 0.6) is 0 Å². The van der Waals surface area contributed by atoms with Gasteiger partial charge in [-0.2, -0.15) is 0 Å². The van der Waals surface area contributed by atoms with Crippen molar-refractivity contribution in [2.75, 3.05) is 5.43 Å².